The van der Waals surface area contributed by atoms with Gasteiger partial charge in [-0.25, -0.2) is 4.79 Å². The first-order chi connectivity index (χ1) is 12.7. The second kappa shape index (κ2) is 8.56. The molecule has 2 aliphatic rings. The van der Waals surface area contributed by atoms with Gasteiger partial charge in [0.1, 0.15) is 0 Å². The van der Waals surface area contributed by atoms with Crippen molar-refractivity contribution in [2.45, 2.75) is 32.2 Å². The minimum absolute atomic E-state index is 0.00789. The van der Waals surface area contributed by atoms with Gasteiger partial charge in [-0.1, -0.05) is 18.2 Å². The molecule has 0 spiro atoms. The van der Waals surface area contributed by atoms with Crippen LogP contribution < -0.4 is 9.47 Å². The Morgan fingerprint density at radius 2 is 2.08 bits per heavy atom. The SMILES string of the molecule is CCOC(=O)/C=C/C(=O)N1CCCCC1/C=C/c1ccc2c(c1)OCO2. The summed E-state index contributed by atoms with van der Waals surface area (Å²) in [5, 5.41) is 0. The van der Waals surface area contributed by atoms with Crippen molar-refractivity contribution in [1.82, 2.24) is 4.90 Å². The molecule has 0 radical (unpaired) electrons. The van der Waals surface area contributed by atoms with E-state index in [9.17, 15) is 9.59 Å². The summed E-state index contributed by atoms with van der Waals surface area (Å²) in [6.07, 6.45) is 9.46. The van der Waals surface area contributed by atoms with Crippen LogP contribution in [0.15, 0.2) is 36.4 Å². The highest BCUT2D eigenvalue weighted by atomic mass is 16.7. The molecule has 0 aromatic heterocycles. The van der Waals surface area contributed by atoms with Crippen LogP contribution in [0.25, 0.3) is 6.08 Å². The number of carbonyl (C=O) groups is 2. The summed E-state index contributed by atoms with van der Waals surface area (Å²) in [6, 6.07) is 5.77. The predicted molar refractivity (Wildman–Crippen MR) is 96.7 cm³/mol. The van der Waals surface area contributed by atoms with Gasteiger partial charge in [0.2, 0.25) is 12.7 Å². The average molecular weight is 357 g/mol. The van der Waals surface area contributed by atoms with E-state index >= 15 is 0 Å². The molecule has 0 aliphatic carbocycles. The van der Waals surface area contributed by atoms with Crippen LogP contribution >= 0.6 is 0 Å². The van der Waals surface area contributed by atoms with Gasteiger partial charge < -0.3 is 19.1 Å². The third kappa shape index (κ3) is 4.45. The lowest BCUT2D eigenvalue weighted by Crippen LogP contribution is -2.41. The van der Waals surface area contributed by atoms with Crippen LogP contribution in [0, 0.1) is 0 Å². The van der Waals surface area contributed by atoms with E-state index in [0.717, 1.165) is 36.3 Å². The molecule has 1 atom stereocenters. The molecule has 0 bridgehead atoms. The summed E-state index contributed by atoms with van der Waals surface area (Å²) in [5.74, 6) is 0.824. The van der Waals surface area contributed by atoms with Crippen LogP contribution in [0.3, 0.4) is 0 Å². The zero-order chi connectivity index (χ0) is 18.4. The normalized spacial score (nSPS) is 19.3. The summed E-state index contributed by atoms with van der Waals surface area (Å²) in [6.45, 7) is 2.96. The Balaban J connectivity index is 1.66. The minimum Gasteiger partial charge on any atom is -0.463 e. The van der Waals surface area contributed by atoms with E-state index in [2.05, 4.69) is 0 Å². The number of piperidine rings is 1. The van der Waals surface area contributed by atoms with Crippen molar-refractivity contribution in [2.75, 3.05) is 19.9 Å². The van der Waals surface area contributed by atoms with Gasteiger partial charge in [0.25, 0.3) is 0 Å². The lowest BCUT2D eigenvalue weighted by Gasteiger charge is -2.33. The number of hydrogen-bond acceptors (Lipinski definition) is 5. The fourth-order valence-electron chi connectivity index (χ4n) is 3.10. The predicted octanol–water partition coefficient (Wildman–Crippen LogP) is 2.93. The fourth-order valence-corrected chi connectivity index (χ4v) is 3.10. The number of carbonyl (C=O) groups excluding carboxylic acids is 2. The molecule has 2 heterocycles. The topological polar surface area (TPSA) is 65.1 Å². The van der Waals surface area contributed by atoms with E-state index in [1.807, 2.05) is 30.4 Å². The highest BCUT2D eigenvalue weighted by Gasteiger charge is 2.23. The maximum absolute atomic E-state index is 12.4. The van der Waals surface area contributed by atoms with Crippen molar-refractivity contribution < 1.29 is 23.8 Å². The van der Waals surface area contributed by atoms with Gasteiger partial charge in [0, 0.05) is 18.7 Å². The van der Waals surface area contributed by atoms with Crippen LogP contribution in [-0.2, 0) is 14.3 Å². The minimum atomic E-state index is -0.495. The first-order valence-electron chi connectivity index (χ1n) is 8.90. The molecule has 1 saturated heterocycles. The maximum Gasteiger partial charge on any atom is 0.330 e. The summed E-state index contributed by atoms with van der Waals surface area (Å²) < 4.78 is 15.5. The number of nitrogens with zero attached hydrogens (tertiary/aromatic N) is 1. The quantitative estimate of drug-likeness (QED) is 0.599. The Morgan fingerprint density at radius 1 is 1.23 bits per heavy atom. The van der Waals surface area contributed by atoms with Gasteiger partial charge >= 0.3 is 5.97 Å². The Morgan fingerprint density at radius 3 is 2.92 bits per heavy atom. The molecule has 0 saturated carbocycles. The van der Waals surface area contributed by atoms with Crippen LogP contribution in [0.2, 0.25) is 0 Å². The number of hydrogen-bond donors (Lipinski definition) is 0. The fraction of sp³-hybridized carbons (Fsp3) is 0.400. The highest BCUT2D eigenvalue weighted by molar-refractivity contribution is 5.94. The summed E-state index contributed by atoms with van der Waals surface area (Å²) in [5.41, 5.74) is 0.995. The number of ether oxygens (including phenoxy) is 3. The van der Waals surface area contributed by atoms with Crippen molar-refractivity contribution in [2.24, 2.45) is 0 Å². The molecule has 6 heteroatoms. The number of rotatable bonds is 5. The molecule has 6 nitrogen and oxygen atoms in total. The molecule has 1 aromatic carbocycles. The van der Waals surface area contributed by atoms with Crippen LogP contribution in [-0.4, -0.2) is 42.8 Å². The number of likely N-dealkylation sites (tertiary alicyclic amines) is 1. The summed E-state index contributed by atoms with van der Waals surface area (Å²) in [7, 11) is 0. The van der Waals surface area contributed by atoms with Gasteiger partial charge in [0.15, 0.2) is 11.5 Å². The Bertz CT molecular complexity index is 725. The molecule has 1 fully saturated rings. The third-order valence-corrected chi connectivity index (χ3v) is 4.39. The van der Waals surface area contributed by atoms with Crippen LogP contribution in [0.1, 0.15) is 31.7 Å². The smallest absolute Gasteiger partial charge is 0.330 e. The van der Waals surface area contributed by atoms with Crippen molar-refractivity contribution in [1.29, 1.82) is 0 Å². The van der Waals surface area contributed by atoms with Crippen LogP contribution in [0.5, 0.6) is 11.5 Å². The third-order valence-electron chi connectivity index (χ3n) is 4.39. The number of amides is 1. The van der Waals surface area contributed by atoms with E-state index in [4.69, 9.17) is 14.2 Å². The molecule has 1 amide bonds. The molecular weight excluding hydrogens is 334 g/mol. The average Bonchev–Trinajstić information content (AvgIpc) is 3.13. The van der Waals surface area contributed by atoms with Crippen LogP contribution in [0.4, 0.5) is 0 Å². The van der Waals surface area contributed by atoms with E-state index < -0.39 is 5.97 Å². The number of esters is 1. The van der Waals surface area contributed by atoms with Gasteiger partial charge in [-0.05, 0) is 43.9 Å². The van der Waals surface area contributed by atoms with Gasteiger partial charge in [-0.3, -0.25) is 4.79 Å². The molecule has 138 valence electrons. The highest BCUT2D eigenvalue weighted by Crippen LogP contribution is 2.33. The molecule has 1 aromatic rings. The lowest BCUT2D eigenvalue weighted by atomic mass is 10.0. The summed E-state index contributed by atoms with van der Waals surface area (Å²) in [4.78, 5) is 25.6. The first-order valence-corrected chi connectivity index (χ1v) is 8.90. The van der Waals surface area contributed by atoms with Gasteiger partial charge in [-0.15, -0.1) is 0 Å². The molecule has 26 heavy (non-hydrogen) atoms. The van der Waals surface area contributed by atoms with E-state index in [1.54, 1.807) is 11.8 Å². The molecule has 2 aliphatic heterocycles. The molecular formula is C20H23NO5. The van der Waals surface area contributed by atoms with Crippen molar-refractivity contribution in [3.8, 4) is 11.5 Å². The second-order valence-electron chi connectivity index (χ2n) is 6.15. The largest absolute Gasteiger partial charge is 0.463 e. The van der Waals surface area contributed by atoms with Gasteiger partial charge in [0.05, 0.1) is 12.6 Å². The Labute approximate surface area is 153 Å². The summed E-state index contributed by atoms with van der Waals surface area (Å²) >= 11 is 0. The molecule has 1 unspecified atom stereocenters. The number of benzene rings is 1. The Kier molecular flexibility index (Phi) is 5.94. The zero-order valence-corrected chi connectivity index (χ0v) is 14.8. The first kappa shape index (κ1) is 18.0. The van der Waals surface area contributed by atoms with Crippen molar-refractivity contribution in [3.63, 3.8) is 0 Å². The number of fused-ring (bicyclic) bond motifs is 1. The van der Waals surface area contributed by atoms with E-state index in [-0.39, 0.29) is 18.7 Å². The monoisotopic (exact) mass is 357 g/mol. The van der Waals surface area contributed by atoms with Crippen molar-refractivity contribution in [3.05, 3.63) is 42.0 Å². The Hall–Kier alpha value is -2.76. The van der Waals surface area contributed by atoms with E-state index in [0.29, 0.717) is 13.2 Å². The van der Waals surface area contributed by atoms with E-state index in [1.165, 1.54) is 12.2 Å². The molecule has 0 N–H and O–H groups in total. The van der Waals surface area contributed by atoms with Crippen molar-refractivity contribution >= 4 is 18.0 Å². The maximum atomic E-state index is 12.4. The standard InChI is InChI=1S/C20H23NO5/c1-2-24-20(23)11-10-19(22)21-12-4-3-5-16(21)8-6-15-7-9-17-18(13-15)26-14-25-17/h6-11,13,16H,2-5,12,14H2,1H3/b8-6+,11-10+. The second-order valence-corrected chi connectivity index (χ2v) is 6.15. The molecule has 3 rings (SSSR count). The lowest BCUT2D eigenvalue weighted by molar-refractivity contribution is -0.137. The van der Waals surface area contributed by atoms with Gasteiger partial charge in [-0.2, -0.15) is 0 Å². The zero-order valence-electron chi connectivity index (χ0n) is 14.8.